The first kappa shape index (κ1) is 19.2. The van der Waals surface area contributed by atoms with Crippen molar-refractivity contribution < 1.29 is 4.79 Å². The molecule has 152 valence electrons. The number of fused-ring (bicyclic) bond motifs is 1. The summed E-state index contributed by atoms with van der Waals surface area (Å²) in [6.07, 6.45) is 9.35. The molecule has 0 radical (unpaired) electrons. The molecular formula is C22H28N6O. The van der Waals surface area contributed by atoms with Crippen molar-refractivity contribution in [1.82, 2.24) is 19.7 Å². The van der Waals surface area contributed by atoms with E-state index in [1.165, 1.54) is 19.3 Å². The summed E-state index contributed by atoms with van der Waals surface area (Å²) in [5, 5.41) is 6.00. The summed E-state index contributed by atoms with van der Waals surface area (Å²) in [6.45, 7) is 4.21. The molecule has 1 saturated carbocycles. The fourth-order valence-electron chi connectivity index (χ4n) is 4.01. The van der Waals surface area contributed by atoms with Crippen LogP contribution >= 0.6 is 0 Å². The molecule has 1 aromatic carbocycles. The Morgan fingerprint density at radius 2 is 1.90 bits per heavy atom. The van der Waals surface area contributed by atoms with Gasteiger partial charge in [0, 0.05) is 35.6 Å². The Morgan fingerprint density at radius 1 is 1.17 bits per heavy atom. The average Bonchev–Trinajstić information content (AvgIpc) is 3.11. The first-order chi connectivity index (χ1) is 14.0. The molecule has 4 N–H and O–H groups in total. The molecule has 2 amide bonds. The normalized spacial score (nSPS) is 15.0. The number of carbonyl (C=O) groups is 1. The van der Waals surface area contributed by atoms with Gasteiger partial charge in [-0.15, -0.1) is 0 Å². The molecule has 0 saturated heterocycles. The quantitative estimate of drug-likeness (QED) is 0.606. The van der Waals surface area contributed by atoms with Gasteiger partial charge in [0.2, 0.25) is 0 Å². The number of rotatable bonds is 4. The van der Waals surface area contributed by atoms with Gasteiger partial charge in [0.05, 0.1) is 0 Å². The third-order valence-electron chi connectivity index (χ3n) is 5.48. The lowest BCUT2D eigenvalue weighted by Crippen LogP contribution is -2.38. The Kier molecular flexibility index (Phi) is 5.38. The third kappa shape index (κ3) is 4.04. The van der Waals surface area contributed by atoms with Crippen LogP contribution in [0, 0.1) is 0 Å². The van der Waals surface area contributed by atoms with Gasteiger partial charge in [0.15, 0.2) is 0 Å². The minimum Gasteiger partial charge on any atom is -0.382 e. The number of nitrogen functional groups attached to an aromatic ring is 1. The lowest BCUT2D eigenvalue weighted by atomic mass is 9.96. The second-order valence-corrected chi connectivity index (χ2v) is 8.02. The number of hydrogen-bond acceptors (Lipinski definition) is 4. The highest BCUT2D eigenvalue weighted by molar-refractivity contribution is 5.90. The zero-order chi connectivity index (χ0) is 20.4. The Balaban J connectivity index is 1.54. The minimum absolute atomic E-state index is 0.146. The highest BCUT2D eigenvalue weighted by Gasteiger charge is 2.18. The van der Waals surface area contributed by atoms with Gasteiger partial charge in [-0.2, -0.15) is 0 Å². The minimum atomic E-state index is -0.146. The Morgan fingerprint density at radius 3 is 2.59 bits per heavy atom. The van der Waals surface area contributed by atoms with Crippen molar-refractivity contribution in [2.75, 3.05) is 11.1 Å². The van der Waals surface area contributed by atoms with Crippen LogP contribution in [-0.4, -0.2) is 26.4 Å². The number of benzene rings is 1. The second-order valence-electron chi connectivity index (χ2n) is 8.02. The lowest BCUT2D eigenvalue weighted by Gasteiger charge is -2.22. The molecule has 2 heterocycles. The molecule has 7 nitrogen and oxygen atoms in total. The number of imidazole rings is 1. The van der Waals surface area contributed by atoms with E-state index in [0.29, 0.717) is 5.82 Å². The molecule has 1 aliphatic carbocycles. The molecule has 4 rings (SSSR count). The van der Waals surface area contributed by atoms with Gasteiger partial charge < -0.3 is 16.4 Å². The van der Waals surface area contributed by atoms with Crippen molar-refractivity contribution in [2.24, 2.45) is 0 Å². The van der Waals surface area contributed by atoms with E-state index in [9.17, 15) is 4.79 Å². The van der Waals surface area contributed by atoms with Crippen LogP contribution in [0.4, 0.5) is 16.3 Å². The SMILES string of the molecule is CC(C)c1nc(-c2ccc(NC(=O)NC3CCCCC3)cc2)c2c(N)nccn12. The summed E-state index contributed by atoms with van der Waals surface area (Å²) >= 11 is 0. The van der Waals surface area contributed by atoms with E-state index >= 15 is 0 Å². The number of anilines is 2. The van der Waals surface area contributed by atoms with Crippen LogP contribution in [0.1, 0.15) is 57.7 Å². The van der Waals surface area contributed by atoms with Crippen LogP contribution in [0.3, 0.4) is 0 Å². The molecule has 0 unspecified atom stereocenters. The zero-order valence-corrected chi connectivity index (χ0v) is 17.0. The zero-order valence-electron chi connectivity index (χ0n) is 17.0. The maximum Gasteiger partial charge on any atom is 0.319 e. The molecule has 29 heavy (non-hydrogen) atoms. The summed E-state index contributed by atoms with van der Waals surface area (Å²) < 4.78 is 2.01. The van der Waals surface area contributed by atoms with Gasteiger partial charge in [-0.3, -0.25) is 4.40 Å². The molecule has 2 aromatic heterocycles. The Bertz CT molecular complexity index is 1000. The van der Waals surface area contributed by atoms with E-state index < -0.39 is 0 Å². The third-order valence-corrected chi connectivity index (χ3v) is 5.48. The molecule has 1 fully saturated rings. The van der Waals surface area contributed by atoms with Gasteiger partial charge in [0.25, 0.3) is 0 Å². The van der Waals surface area contributed by atoms with E-state index in [2.05, 4.69) is 29.5 Å². The van der Waals surface area contributed by atoms with Gasteiger partial charge in [-0.05, 0) is 25.0 Å². The first-order valence-corrected chi connectivity index (χ1v) is 10.3. The van der Waals surface area contributed by atoms with E-state index in [0.717, 1.165) is 41.1 Å². The number of nitrogens with zero attached hydrogens (tertiary/aromatic N) is 3. The van der Waals surface area contributed by atoms with Gasteiger partial charge in [-0.1, -0.05) is 45.2 Å². The van der Waals surface area contributed by atoms with E-state index in [1.54, 1.807) is 6.20 Å². The van der Waals surface area contributed by atoms with E-state index in [4.69, 9.17) is 10.7 Å². The molecule has 1 aliphatic rings. The number of nitrogens with one attached hydrogen (secondary N) is 2. The first-order valence-electron chi connectivity index (χ1n) is 10.3. The standard InChI is InChI=1S/C22H28N6O/c1-14(2)21-27-18(19-20(23)24-12-13-28(19)21)15-8-10-17(11-9-15)26-22(29)25-16-6-4-3-5-7-16/h8-14,16H,3-7H2,1-2H3,(H2,23,24)(H2,25,26,29). The molecule has 7 heteroatoms. The van der Waals surface area contributed by atoms with Crippen molar-refractivity contribution in [2.45, 2.75) is 57.9 Å². The monoisotopic (exact) mass is 392 g/mol. The van der Waals surface area contributed by atoms with Gasteiger partial charge in [-0.25, -0.2) is 14.8 Å². The summed E-state index contributed by atoms with van der Waals surface area (Å²) in [7, 11) is 0. The fraction of sp³-hybridized carbons (Fsp3) is 0.409. The van der Waals surface area contributed by atoms with Crippen LogP contribution in [0.2, 0.25) is 0 Å². The topological polar surface area (TPSA) is 97.3 Å². The van der Waals surface area contributed by atoms with Crippen molar-refractivity contribution in [3.63, 3.8) is 0 Å². The fourth-order valence-corrected chi connectivity index (χ4v) is 4.01. The van der Waals surface area contributed by atoms with Crippen molar-refractivity contribution >= 4 is 23.1 Å². The lowest BCUT2D eigenvalue weighted by molar-refractivity contribution is 0.244. The van der Waals surface area contributed by atoms with Crippen LogP contribution in [0.15, 0.2) is 36.7 Å². The summed E-state index contributed by atoms with van der Waals surface area (Å²) in [6, 6.07) is 7.83. The average molecular weight is 393 g/mol. The van der Waals surface area contributed by atoms with Gasteiger partial charge >= 0.3 is 6.03 Å². The number of aromatic nitrogens is 3. The molecule has 3 aromatic rings. The number of hydrogen-bond donors (Lipinski definition) is 3. The maximum absolute atomic E-state index is 12.3. The van der Waals surface area contributed by atoms with Gasteiger partial charge in [0.1, 0.15) is 22.9 Å². The molecule has 0 aliphatic heterocycles. The number of amides is 2. The highest BCUT2D eigenvalue weighted by Crippen LogP contribution is 2.31. The van der Waals surface area contributed by atoms with Crippen molar-refractivity contribution in [3.8, 4) is 11.3 Å². The number of nitrogens with two attached hydrogens (primary N) is 1. The van der Waals surface area contributed by atoms with Crippen LogP contribution in [0.25, 0.3) is 16.8 Å². The van der Waals surface area contributed by atoms with Crippen molar-refractivity contribution in [1.29, 1.82) is 0 Å². The van der Waals surface area contributed by atoms with E-state index in [-0.39, 0.29) is 18.0 Å². The molecule has 0 atom stereocenters. The predicted octanol–water partition coefficient (Wildman–Crippen LogP) is 4.56. The summed E-state index contributed by atoms with van der Waals surface area (Å²) in [5.74, 6) is 1.65. The van der Waals surface area contributed by atoms with Crippen LogP contribution in [0.5, 0.6) is 0 Å². The summed E-state index contributed by atoms with van der Waals surface area (Å²) in [5.41, 5.74) is 9.46. The predicted molar refractivity (Wildman–Crippen MR) is 116 cm³/mol. The number of carbonyl (C=O) groups excluding carboxylic acids is 1. The smallest absolute Gasteiger partial charge is 0.319 e. The molecule has 0 bridgehead atoms. The molecule has 0 spiro atoms. The highest BCUT2D eigenvalue weighted by atomic mass is 16.2. The maximum atomic E-state index is 12.3. The van der Waals surface area contributed by atoms with Crippen molar-refractivity contribution in [3.05, 3.63) is 42.5 Å². The van der Waals surface area contributed by atoms with Crippen LogP contribution < -0.4 is 16.4 Å². The summed E-state index contributed by atoms with van der Waals surface area (Å²) in [4.78, 5) is 21.3. The van der Waals surface area contributed by atoms with Crippen LogP contribution in [-0.2, 0) is 0 Å². The Labute approximate surface area is 170 Å². The molecular weight excluding hydrogens is 364 g/mol. The largest absolute Gasteiger partial charge is 0.382 e. The second kappa shape index (κ2) is 8.11. The van der Waals surface area contributed by atoms with E-state index in [1.807, 2.05) is 34.9 Å². The number of urea groups is 1. The Hall–Kier alpha value is -3.09.